The number of nitrogens with zero attached hydrogens (tertiary/aromatic N) is 3. The maximum Gasteiger partial charge on any atom is 0.218 e. The Labute approximate surface area is 180 Å². The molecule has 2 aliphatic heterocycles. The number of hydrogen-bond acceptors (Lipinski definition) is 7. The van der Waals surface area contributed by atoms with Gasteiger partial charge in [-0.1, -0.05) is 42.5 Å². The molecule has 31 heavy (non-hydrogen) atoms. The van der Waals surface area contributed by atoms with E-state index in [0.717, 1.165) is 5.56 Å². The first-order chi connectivity index (χ1) is 14.9. The average Bonchev–Trinajstić information content (AvgIpc) is 2.98. The van der Waals surface area contributed by atoms with Gasteiger partial charge in [0.05, 0.1) is 31.2 Å². The van der Waals surface area contributed by atoms with Crippen molar-refractivity contribution in [1.29, 1.82) is 21.2 Å². The summed E-state index contributed by atoms with van der Waals surface area (Å²) in [6.07, 6.45) is -0.737. The van der Waals surface area contributed by atoms with Crippen LogP contribution in [0.15, 0.2) is 54.6 Å². The van der Waals surface area contributed by atoms with Crippen LogP contribution in [-0.4, -0.2) is 24.9 Å². The van der Waals surface area contributed by atoms with Crippen LogP contribution in [0.4, 0.5) is 0 Å². The molecule has 0 aliphatic carbocycles. The summed E-state index contributed by atoms with van der Waals surface area (Å²) in [5, 5.41) is 39.6. The number of methoxy groups -OCH3 is 1. The van der Waals surface area contributed by atoms with E-state index in [1.54, 1.807) is 38.3 Å². The summed E-state index contributed by atoms with van der Waals surface area (Å²) in [4.78, 5) is 0. The summed E-state index contributed by atoms with van der Waals surface area (Å²) in [7, 11) is 1.55. The summed E-state index contributed by atoms with van der Waals surface area (Å²) in [6.45, 7) is 1.66. The Kier molecular flexibility index (Phi) is 4.69. The van der Waals surface area contributed by atoms with E-state index in [2.05, 4.69) is 18.2 Å². The van der Waals surface area contributed by atoms with Crippen molar-refractivity contribution in [2.24, 2.45) is 10.8 Å². The third-order valence-electron chi connectivity index (χ3n) is 6.34. The zero-order chi connectivity index (χ0) is 22.3. The van der Waals surface area contributed by atoms with Gasteiger partial charge in [-0.15, -0.1) is 0 Å². The molecule has 4 rings (SSSR count). The van der Waals surface area contributed by atoms with Crippen molar-refractivity contribution in [3.8, 4) is 24.0 Å². The molecule has 0 radical (unpaired) electrons. The third kappa shape index (κ3) is 2.63. The Balaban J connectivity index is 1.92. The number of hydrogen-bond donors (Lipinski definition) is 1. The quantitative estimate of drug-likeness (QED) is 0.817. The van der Waals surface area contributed by atoms with Crippen molar-refractivity contribution in [3.05, 3.63) is 65.7 Å². The second-order valence-corrected chi connectivity index (χ2v) is 7.90. The molecule has 0 aromatic heterocycles. The first-order valence-electron chi connectivity index (χ1n) is 9.78. The fourth-order valence-corrected chi connectivity index (χ4v) is 4.91. The fraction of sp³-hybridized carbons (Fsp3) is 0.333. The van der Waals surface area contributed by atoms with Crippen LogP contribution >= 0.6 is 0 Å². The first kappa shape index (κ1) is 20.4. The molecule has 2 fully saturated rings. The Morgan fingerprint density at radius 3 is 2.19 bits per heavy atom. The average molecular weight is 412 g/mol. The molecular formula is C24H20N4O3. The summed E-state index contributed by atoms with van der Waals surface area (Å²) in [5.41, 5.74) is -2.31. The van der Waals surface area contributed by atoms with Gasteiger partial charge in [0.25, 0.3) is 0 Å². The Morgan fingerprint density at radius 2 is 1.65 bits per heavy atom. The summed E-state index contributed by atoms with van der Waals surface area (Å²) >= 11 is 0. The lowest BCUT2D eigenvalue weighted by atomic mass is 9.52. The van der Waals surface area contributed by atoms with Gasteiger partial charge in [-0.25, -0.2) is 0 Å². The van der Waals surface area contributed by atoms with Gasteiger partial charge >= 0.3 is 0 Å². The van der Waals surface area contributed by atoms with E-state index in [4.69, 9.17) is 19.6 Å². The lowest BCUT2D eigenvalue weighted by Crippen LogP contribution is -2.61. The molecular weight excluding hydrogens is 392 g/mol. The molecule has 0 spiro atoms. The zero-order valence-corrected chi connectivity index (χ0v) is 17.1. The van der Waals surface area contributed by atoms with Gasteiger partial charge in [-0.3, -0.25) is 5.41 Å². The molecule has 0 amide bonds. The Bertz CT molecular complexity index is 1130. The molecule has 4 atom stereocenters. The van der Waals surface area contributed by atoms with E-state index in [1.165, 1.54) is 0 Å². The van der Waals surface area contributed by atoms with Crippen LogP contribution in [0.25, 0.3) is 0 Å². The van der Waals surface area contributed by atoms with Crippen molar-refractivity contribution in [2.45, 2.75) is 31.2 Å². The van der Waals surface area contributed by atoms with Crippen molar-refractivity contribution >= 4 is 5.90 Å². The molecule has 2 heterocycles. The lowest BCUT2D eigenvalue weighted by molar-refractivity contribution is -0.249. The standard InChI is InChI=1S/C24H20N4O3/c1-22-20(17-8-10-18(29-2)11-9-17)24(15-27,21(28)31-22)23(13-25,14-26)19(30-22)12-16-6-4-3-5-7-16/h3-11,19-20,28H,12H2,1-2H3. The number of ether oxygens (including phenoxy) is 3. The predicted octanol–water partition coefficient (Wildman–Crippen LogP) is 3.69. The van der Waals surface area contributed by atoms with E-state index >= 15 is 0 Å². The van der Waals surface area contributed by atoms with Crippen molar-refractivity contribution in [3.63, 3.8) is 0 Å². The molecule has 2 bridgehead atoms. The molecule has 2 aromatic carbocycles. The SMILES string of the molecule is COc1ccc(C2C3(C)OC(=N)C2(C#N)C(C#N)(C#N)C(Cc2ccccc2)O3)cc1. The lowest BCUT2D eigenvalue weighted by Gasteiger charge is -2.48. The van der Waals surface area contributed by atoms with Crippen LogP contribution in [0.3, 0.4) is 0 Å². The van der Waals surface area contributed by atoms with Gasteiger partial charge in [0.15, 0.2) is 10.8 Å². The van der Waals surface area contributed by atoms with Crippen molar-refractivity contribution < 1.29 is 14.2 Å². The molecule has 0 saturated carbocycles. The molecule has 7 heteroatoms. The van der Waals surface area contributed by atoms with Crippen LogP contribution in [0.2, 0.25) is 0 Å². The van der Waals surface area contributed by atoms with Gasteiger partial charge in [-0.05, 0) is 23.3 Å². The minimum Gasteiger partial charge on any atom is -0.497 e. The van der Waals surface area contributed by atoms with Crippen molar-refractivity contribution in [2.75, 3.05) is 7.11 Å². The van der Waals surface area contributed by atoms with Crippen LogP contribution in [0, 0.1) is 50.2 Å². The van der Waals surface area contributed by atoms with E-state index in [9.17, 15) is 15.8 Å². The number of nitriles is 3. The molecule has 1 N–H and O–H groups in total. The van der Waals surface area contributed by atoms with Crippen molar-refractivity contribution in [1.82, 2.24) is 0 Å². The Morgan fingerprint density at radius 1 is 1.00 bits per heavy atom. The second kappa shape index (κ2) is 7.13. The number of nitrogens with one attached hydrogen (secondary N) is 1. The maximum atomic E-state index is 10.4. The van der Waals surface area contributed by atoms with E-state index < -0.39 is 34.5 Å². The molecule has 2 aliphatic rings. The second-order valence-electron chi connectivity index (χ2n) is 7.90. The predicted molar refractivity (Wildman–Crippen MR) is 110 cm³/mol. The Hall–Kier alpha value is -3.86. The smallest absolute Gasteiger partial charge is 0.218 e. The highest BCUT2D eigenvalue weighted by Crippen LogP contribution is 2.66. The highest BCUT2D eigenvalue weighted by atomic mass is 16.7. The number of rotatable bonds is 4. The van der Waals surface area contributed by atoms with Crippen LogP contribution in [0.1, 0.15) is 24.0 Å². The first-order valence-corrected chi connectivity index (χ1v) is 9.78. The molecule has 2 saturated heterocycles. The summed E-state index contributed by atoms with van der Waals surface area (Å²) in [5.74, 6) is -2.04. The highest BCUT2D eigenvalue weighted by molar-refractivity contribution is 5.90. The van der Waals surface area contributed by atoms with E-state index in [-0.39, 0.29) is 6.42 Å². The van der Waals surface area contributed by atoms with Gasteiger partial charge in [0.1, 0.15) is 11.9 Å². The zero-order valence-electron chi connectivity index (χ0n) is 17.1. The maximum absolute atomic E-state index is 10.4. The van der Waals surface area contributed by atoms with Gasteiger partial charge < -0.3 is 14.2 Å². The molecule has 154 valence electrons. The normalized spacial score (nSPS) is 30.4. The van der Waals surface area contributed by atoms with Gasteiger partial charge in [0, 0.05) is 13.3 Å². The molecule has 4 unspecified atom stereocenters. The number of benzene rings is 2. The highest BCUT2D eigenvalue weighted by Gasteiger charge is 2.79. The largest absolute Gasteiger partial charge is 0.497 e. The summed E-state index contributed by atoms with van der Waals surface area (Å²) < 4.78 is 17.3. The third-order valence-corrected chi connectivity index (χ3v) is 6.34. The molecule has 2 aromatic rings. The minimum absolute atomic E-state index is 0.229. The fourth-order valence-electron chi connectivity index (χ4n) is 4.91. The van der Waals surface area contributed by atoms with E-state index in [1.807, 2.05) is 30.3 Å². The van der Waals surface area contributed by atoms with Crippen LogP contribution in [-0.2, 0) is 15.9 Å². The monoisotopic (exact) mass is 412 g/mol. The molecule has 7 nitrogen and oxygen atoms in total. The topological polar surface area (TPSA) is 123 Å². The minimum atomic E-state index is -1.95. The summed E-state index contributed by atoms with van der Waals surface area (Å²) in [6, 6.07) is 22.6. The number of fused-ring (bicyclic) bond motifs is 2. The van der Waals surface area contributed by atoms with Gasteiger partial charge in [0.2, 0.25) is 11.7 Å². The van der Waals surface area contributed by atoms with Crippen LogP contribution in [0.5, 0.6) is 5.75 Å². The van der Waals surface area contributed by atoms with Gasteiger partial charge in [-0.2, -0.15) is 15.8 Å². The van der Waals surface area contributed by atoms with E-state index in [0.29, 0.717) is 11.3 Å². The van der Waals surface area contributed by atoms with Crippen LogP contribution < -0.4 is 4.74 Å².